The number of rotatable bonds is 0. The molecule has 1 aromatic rings. The number of hydrogen-bond donors (Lipinski definition) is 1. The van der Waals surface area contributed by atoms with Gasteiger partial charge in [0.1, 0.15) is 0 Å². The summed E-state index contributed by atoms with van der Waals surface area (Å²) < 4.78 is 0. The molecule has 0 aliphatic carbocycles. The molecule has 0 saturated carbocycles. The van der Waals surface area contributed by atoms with Gasteiger partial charge in [-0.3, -0.25) is 9.69 Å². The Morgan fingerprint density at radius 3 is 3.07 bits per heavy atom. The number of carbonyl (C=O) groups excluding carboxylic acids is 1. The average Bonchev–Trinajstić information content (AvgIpc) is 2.66. The maximum Gasteiger partial charge on any atom is 0.257 e. The third kappa shape index (κ3) is 0.936. The summed E-state index contributed by atoms with van der Waals surface area (Å²) in [4.78, 5) is 13.5. The predicted molar refractivity (Wildman–Crippen MR) is 58.4 cm³/mol. The van der Waals surface area contributed by atoms with Crippen molar-refractivity contribution in [3.05, 3.63) is 35.4 Å². The molecular formula is C11H11NO2S. The molecule has 15 heavy (non-hydrogen) atoms. The second kappa shape index (κ2) is 2.77. The van der Waals surface area contributed by atoms with Gasteiger partial charge in [-0.25, -0.2) is 0 Å². The van der Waals surface area contributed by atoms with Crippen LogP contribution in [0, 0.1) is 0 Å². The second-order valence-corrected chi connectivity index (χ2v) is 5.24. The molecule has 2 atom stereocenters. The van der Waals surface area contributed by atoms with Crippen LogP contribution in [-0.4, -0.2) is 27.0 Å². The normalized spacial score (nSPS) is 33.1. The lowest BCUT2D eigenvalue weighted by Crippen LogP contribution is -2.43. The van der Waals surface area contributed by atoms with Crippen molar-refractivity contribution in [1.29, 1.82) is 0 Å². The van der Waals surface area contributed by atoms with Gasteiger partial charge in [0.15, 0.2) is 5.72 Å². The Morgan fingerprint density at radius 2 is 2.27 bits per heavy atom. The molecule has 0 unspecified atom stereocenters. The van der Waals surface area contributed by atoms with E-state index in [0.29, 0.717) is 11.4 Å². The molecule has 2 heterocycles. The number of thioether (sulfide) groups is 1. The second-order valence-electron chi connectivity index (χ2n) is 3.94. The van der Waals surface area contributed by atoms with Crippen LogP contribution in [0.3, 0.4) is 0 Å². The molecule has 3 nitrogen and oxygen atoms in total. The molecule has 0 bridgehead atoms. The predicted octanol–water partition coefficient (Wildman–Crippen LogP) is 1.38. The van der Waals surface area contributed by atoms with Gasteiger partial charge < -0.3 is 5.11 Å². The number of nitrogens with zero attached hydrogens (tertiary/aromatic N) is 1. The summed E-state index contributed by atoms with van der Waals surface area (Å²) >= 11 is 1.61. The zero-order valence-corrected chi connectivity index (χ0v) is 9.12. The summed E-state index contributed by atoms with van der Waals surface area (Å²) in [5.41, 5.74) is 0.317. The van der Waals surface area contributed by atoms with Crippen LogP contribution >= 0.6 is 11.8 Å². The van der Waals surface area contributed by atoms with Crippen molar-refractivity contribution < 1.29 is 9.90 Å². The van der Waals surface area contributed by atoms with Crippen molar-refractivity contribution in [2.24, 2.45) is 0 Å². The zero-order chi connectivity index (χ0) is 10.6. The number of carbonyl (C=O) groups is 1. The fraction of sp³-hybridized carbons (Fsp3) is 0.364. The molecule has 1 amide bonds. The lowest BCUT2D eigenvalue weighted by Gasteiger charge is -2.29. The van der Waals surface area contributed by atoms with E-state index in [4.69, 9.17) is 0 Å². The quantitative estimate of drug-likeness (QED) is 0.719. The molecular weight excluding hydrogens is 210 g/mol. The molecule has 1 saturated heterocycles. The van der Waals surface area contributed by atoms with E-state index >= 15 is 0 Å². The summed E-state index contributed by atoms with van der Waals surface area (Å²) in [6.07, 6.45) is 0. The highest BCUT2D eigenvalue weighted by Crippen LogP contribution is 2.49. The van der Waals surface area contributed by atoms with Crippen molar-refractivity contribution in [1.82, 2.24) is 4.90 Å². The highest BCUT2D eigenvalue weighted by molar-refractivity contribution is 8.00. The zero-order valence-electron chi connectivity index (χ0n) is 8.30. The molecule has 2 aliphatic rings. The molecule has 0 aromatic heterocycles. The lowest BCUT2D eigenvalue weighted by molar-refractivity contribution is -0.0637. The molecule has 4 heteroatoms. The van der Waals surface area contributed by atoms with E-state index in [0.717, 1.165) is 5.56 Å². The van der Waals surface area contributed by atoms with Crippen LogP contribution < -0.4 is 0 Å². The van der Waals surface area contributed by atoms with Gasteiger partial charge in [0.05, 0.1) is 11.1 Å². The molecule has 2 aliphatic heterocycles. The van der Waals surface area contributed by atoms with Crippen molar-refractivity contribution in [2.75, 3.05) is 5.88 Å². The Bertz CT molecular complexity index is 448. The van der Waals surface area contributed by atoms with Crippen LogP contribution in [0.15, 0.2) is 24.3 Å². The van der Waals surface area contributed by atoms with Crippen molar-refractivity contribution in [3.8, 4) is 0 Å². The number of fused-ring (bicyclic) bond motifs is 3. The van der Waals surface area contributed by atoms with E-state index in [9.17, 15) is 9.90 Å². The lowest BCUT2D eigenvalue weighted by atomic mass is 9.99. The Balaban J connectivity index is 2.26. The number of aliphatic hydroxyl groups is 1. The molecule has 0 spiro atoms. The fourth-order valence-electron chi connectivity index (χ4n) is 2.33. The minimum atomic E-state index is -1.08. The maximum absolute atomic E-state index is 12.0. The summed E-state index contributed by atoms with van der Waals surface area (Å²) in [6.45, 7) is 1.96. The summed E-state index contributed by atoms with van der Waals surface area (Å²) in [7, 11) is 0. The SMILES string of the molecule is C[C@H]1SCN2C(=O)c3ccccc3[C@@]12O. The van der Waals surface area contributed by atoms with E-state index in [2.05, 4.69) is 0 Å². The third-order valence-corrected chi connectivity index (χ3v) is 4.47. The first kappa shape index (κ1) is 9.24. The van der Waals surface area contributed by atoms with Gasteiger partial charge in [-0.15, -0.1) is 11.8 Å². The third-order valence-electron chi connectivity index (χ3n) is 3.23. The Morgan fingerprint density at radius 1 is 1.53 bits per heavy atom. The molecule has 0 radical (unpaired) electrons. The van der Waals surface area contributed by atoms with E-state index in [1.54, 1.807) is 22.7 Å². The first-order valence-corrected chi connectivity index (χ1v) is 5.96. The molecule has 1 N–H and O–H groups in total. The Hall–Kier alpha value is -1.00. The van der Waals surface area contributed by atoms with Crippen molar-refractivity contribution in [3.63, 3.8) is 0 Å². The topological polar surface area (TPSA) is 40.5 Å². The Kier molecular flexibility index (Phi) is 1.71. The monoisotopic (exact) mass is 221 g/mol. The number of hydrogen-bond acceptors (Lipinski definition) is 3. The van der Waals surface area contributed by atoms with Crippen molar-refractivity contribution >= 4 is 17.7 Å². The van der Waals surface area contributed by atoms with Crippen LogP contribution in [0.4, 0.5) is 0 Å². The summed E-state index contributed by atoms with van der Waals surface area (Å²) in [5, 5.41) is 10.6. The first-order valence-electron chi connectivity index (χ1n) is 4.91. The van der Waals surface area contributed by atoms with Crippen LogP contribution in [0.1, 0.15) is 22.8 Å². The van der Waals surface area contributed by atoms with E-state index in [1.165, 1.54) is 0 Å². The number of benzene rings is 1. The maximum atomic E-state index is 12.0. The van der Waals surface area contributed by atoms with Crippen LogP contribution in [0.2, 0.25) is 0 Å². The summed E-state index contributed by atoms with van der Waals surface area (Å²) in [6, 6.07) is 7.32. The van der Waals surface area contributed by atoms with E-state index in [1.807, 2.05) is 25.1 Å². The molecule has 1 aromatic carbocycles. The Labute approximate surface area is 92.1 Å². The van der Waals surface area contributed by atoms with Gasteiger partial charge in [-0.2, -0.15) is 0 Å². The van der Waals surface area contributed by atoms with E-state index < -0.39 is 5.72 Å². The largest absolute Gasteiger partial charge is 0.366 e. The highest BCUT2D eigenvalue weighted by Gasteiger charge is 2.55. The van der Waals surface area contributed by atoms with Crippen molar-refractivity contribution in [2.45, 2.75) is 17.9 Å². The fourth-order valence-corrected chi connectivity index (χ4v) is 3.51. The average molecular weight is 221 g/mol. The highest BCUT2D eigenvalue weighted by atomic mass is 32.2. The first-order chi connectivity index (χ1) is 7.15. The van der Waals surface area contributed by atoms with Crippen LogP contribution in [0.25, 0.3) is 0 Å². The van der Waals surface area contributed by atoms with Crippen LogP contribution in [-0.2, 0) is 5.72 Å². The molecule has 78 valence electrons. The smallest absolute Gasteiger partial charge is 0.257 e. The van der Waals surface area contributed by atoms with Gasteiger partial charge in [0.25, 0.3) is 5.91 Å². The summed E-state index contributed by atoms with van der Waals surface area (Å²) in [5.74, 6) is 0.524. The van der Waals surface area contributed by atoms with Gasteiger partial charge in [-0.1, -0.05) is 18.2 Å². The standard InChI is InChI=1S/C11H11NO2S/c1-7-11(14)9-5-3-2-4-8(9)10(13)12(11)6-15-7/h2-5,7,14H,6H2,1H3/t7-,11+/m1/s1. The molecule has 1 fully saturated rings. The minimum absolute atomic E-state index is 0.0325. The molecule has 3 rings (SSSR count). The van der Waals surface area contributed by atoms with E-state index in [-0.39, 0.29) is 11.2 Å². The van der Waals surface area contributed by atoms with Gasteiger partial charge in [-0.05, 0) is 13.0 Å². The van der Waals surface area contributed by atoms with Gasteiger partial charge >= 0.3 is 0 Å². The minimum Gasteiger partial charge on any atom is -0.366 e. The van der Waals surface area contributed by atoms with Gasteiger partial charge in [0.2, 0.25) is 0 Å². The number of amides is 1. The van der Waals surface area contributed by atoms with Gasteiger partial charge in [0, 0.05) is 11.1 Å². The van der Waals surface area contributed by atoms with Crippen LogP contribution in [0.5, 0.6) is 0 Å².